The molecule has 1 N–H and O–H groups in total. The summed E-state index contributed by atoms with van der Waals surface area (Å²) in [7, 11) is 3.06. The fourth-order valence-electron chi connectivity index (χ4n) is 3.98. The first-order valence-electron chi connectivity index (χ1n) is 10.8. The van der Waals surface area contributed by atoms with Crippen LogP contribution in [0.2, 0.25) is 0 Å². The Hall–Kier alpha value is -3.07. The maximum absolute atomic E-state index is 12.9. The number of hydrogen-bond donors (Lipinski definition) is 1. The van der Waals surface area contributed by atoms with Crippen molar-refractivity contribution in [1.82, 2.24) is 5.32 Å². The highest BCUT2D eigenvalue weighted by Gasteiger charge is 2.35. The Morgan fingerprint density at radius 1 is 1.09 bits per heavy atom. The van der Waals surface area contributed by atoms with Crippen LogP contribution in [-0.4, -0.2) is 44.5 Å². The van der Waals surface area contributed by atoms with Crippen LogP contribution < -0.4 is 14.8 Å². The predicted molar refractivity (Wildman–Crippen MR) is 126 cm³/mol. The van der Waals surface area contributed by atoms with Crippen LogP contribution in [0.4, 0.5) is 8.78 Å². The molecule has 34 heavy (non-hydrogen) atoms. The highest BCUT2D eigenvalue weighted by Crippen LogP contribution is 2.38. The first kappa shape index (κ1) is 25.6. The molecule has 0 aliphatic heterocycles. The summed E-state index contributed by atoms with van der Waals surface area (Å²) in [6, 6.07) is 11.1. The Labute approximate surface area is 201 Å². The minimum absolute atomic E-state index is 0.219. The van der Waals surface area contributed by atoms with Crippen LogP contribution in [0.1, 0.15) is 35.2 Å². The topological polar surface area (TPSA) is 73.9 Å². The van der Waals surface area contributed by atoms with Crippen molar-refractivity contribution < 1.29 is 32.6 Å². The van der Waals surface area contributed by atoms with Gasteiger partial charge in [0.15, 0.2) is 11.5 Å². The van der Waals surface area contributed by atoms with Crippen molar-refractivity contribution in [3.8, 4) is 11.5 Å². The Bertz CT molecular complexity index is 1050. The molecule has 0 radical (unpaired) electrons. The van der Waals surface area contributed by atoms with Crippen LogP contribution in [-0.2, 0) is 9.53 Å². The maximum atomic E-state index is 12.9. The largest absolute Gasteiger partial charge is 0.493 e. The lowest BCUT2D eigenvalue weighted by Crippen LogP contribution is -2.33. The quantitative estimate of drug-likeness (QED) is 0.285. The van der Waals surface area contributed by atoms with Gasteiger partial charge in [-0.25, -0.2) is 0 Å². The number of alkyl halides is 2. The summed E-state index contributed by atoms with van der Waals surface area (Å²) in [4.78, 5) is 25.9. The first-order valence-corrected chi connectivity index (χ1v) is 11.7. The molecule has 1 aliphatic rings. The van der Waals surface area contributed by atoms with Gasteiger partial charge in [0.05, 0.1) is 26.7 Å². The van der Waals surface area contributed by atoms with Crippen molar-refractivity contribution in [1.29, 1.82) is 0 Å². The number of carbonyl (C=O) groups excluding carboxylic acids is 2. The summed E-state index contributed by atoms with van der Waals surface area (Å²) in [5.41, 5.74) is 1.01. The summed E-state index contributed by atoms with van der Waals surface area (Å²) in [5, 5.41) is 2.90. The highest BCUT2D eigenvalue weighted by atomic mass is 32.2. The van der Waals surface area contributed by atoms with E-state index in [9.17, 15) is 18.4 Å². The molecule has 2 aromatic carbocycles. The average molecular weight is 492 g/mol. The maximum Gasteiger partial charge on any atom is 0.314 e. The van der Waals surface area contributed by atoms with Gasteiger partial charge in [-0.3, -0.25) is 9.59 Å². The number of halogens is 2. The van der Waals surface area contributed by atoms with E-state index in [1.165, 1.54) is 26.4 Å². The van der Waals surface area contributed by atoms with Crippen molar-refractivity contribution in [2.24, 2.45) is 5.92 Å². The number of thioether (sulfide) groups is 1. The molecular formula is C25H27F2NO5S. The molecule has 0 fully saturated rings. The average Bonchev–Trinajstić information content (AvgIpc) is 3.26. The zero-order chi connectivity index (χ0) is 24.7. The predicted octanol–water partition coefficient (Wildman–Crippen LogP) is 5.04. The van der Waals surface area contributed by atoms with E-state index in [-0.39, 0.29) is 30.4 Å². The molecule has 0 spiro atoms. The lowest BCUT2D eigenvalue weighted by Gasteiger charge is -2.23. The van der Waals surface area contributed by atoms with Gasteiger partial charge in [0.1, 0.15) is 0 Å². The number of ether oxygens (including phenoxy) is 3. The molecule has 0 unspecified atom stereocenters. The number of rotatable bonds is 10. The first-order chi connectivity index (χ1) is 16.4. The molecule has 0 bridgehead atoms. The fourth-order valence-corrected chi connectivity index (χ4v) is 4.54. The number of methoxy groups -OCH3 is 2. The summed E-state index contributed by atoms with van der Waals surface area (Å²) in [6.45, 7) is 1.99. The van der Waals surface area contributed by atoms with Crippen LogP contribution in [0.5, 0.6) is 11.5 Å². The number of nitrogens with one attached hydrogen (secondary N) is 1. The van der Waals surface area contributed by atoms with E-state index in [2.05, 4.69) is 5.32 Å². The summed E-state index contributed by atoms with van der Waals surface area (Å²) >= 11 is 0.390. The van der Waals surface area contributed by atoms with Crippen molar-refractivity contribution in [3.05, 3.63) is 65.7 Å². The smallest absolute Gasteiger partial charge is 0.314 e. The van der Waals surface area contributed by atoms with Crippen molar-refractivity contribution >= 4 is 23.6 Å². The molecule has 1 amide bonds. The van der Waals surface area contributed by atoms with Crippen molar-refractivity contribution in [2.75, 3.05) is 20.8 Å². The van der Waals surface area contributed by atoms with Gasteiger partial charge in [-0.05, 0) is 55.2 Å². The van der Waals surface area contributed by atoms with Gasteiger partial charge in [-0.1, -0.05) is 36.0 Å². The molecule has 0 saturated heterocycles. The Morgan fingerprint density at radius 3 is 2.53 bits per heavy atom. The van der Waals surface area contributed by atoms with Crippen LogP contribution in [0.3, 0.4) is 0 Å². The molecule has 0 heterocycles. The number of esters is 1. The second-order valence-electron chi connectivity index (χ2n) is 7.61. The molecular weight excluding hydrogens is 464 g/mol. The standard InChI is InChI=1S/C25H27F2NO5S/c1-4-33-24(30)22(16-9-11-20(31-2)21(14-16)32-3)15-8-10-18(12-15)28-23(29)17-6-5-7-19(13-17)34-25(26)27/h5-11,13-15,18,22,25H,4,12H2,1-3H3,(H,28,29)/t15-,18-,22+/m1/s1. The van der Waals surface area contributed by atoms with Crippen LogP contribution >= 0.6 is 11.8 Å². The lowest BCUT2D eigenvalue weighted by molar-refractivity contribution is -0.146. The Morgan fingerprint density at radius 2 is 1.85 bits per heavy atom. The van der Waals surface area contributed by atoms with Gasteiger partial charge < -0.3 is 19.5 Å². The Kier molecular flexibility index (Phi) is 8.92. The van der Waals surface area contributed by atoms with Crippen LogP contribution in [0, 0.1) is 5.92 Å². The SMILES string of the molecule is CCOC(=O)[C@H](c1ccc(OC)c(OC)c1)[C@@H]1C=C[C@@H](NC(=O)c2cccc(SC(F)F)c2)C1. The van der Waals surface area contributed by atoms with Crippen molar-refractivity contribution in [3.63, 3.8) is 0 Å². The molecule has 3 atom stereocenters. The second-order valence-corrected chi connectivity index (χ2v) is 8.68. The van der Waals surface area contributed by atoms with E-state index in [4.69, 9.17) is 14.2 Å². The molecule has 182 valence electrons. The molecule has 1 aliphatic carbocycles. The number of carbonyl (C=O) groups is 2. The van der Waals surface area contributed by atoms with E-state index in [0.29, 0.717) is 40.1 Å². The molecule has 0 aromatic heterocycles. The monoisotopic (exact) mass is 491 g/mol. The van der Waals surface area contributed by atoms with Gasteiger partial charge in [0.2, 0.25) is 0 Å². The number of allylic oxidation sites excluding steroid dienone is 1. The zero-order valence-corrected chi connectivity index (χ0v) is 19.9. The molecule has 2 aromatic rings. The van der Waals surface area contributed by atoms with Gasteiger partial charge >= 0.3 is 5.97 Å². The number of benzene rings is 2. The van der Waals surface area contributed by atoms with E-state index >= 15 is 0 Å². The summed E-state index contributed by atoms with van der Waals surface area (Å²) < 4.78 is 41.3. The number of amides is 1. The third-order valence-corrected chi connectivity index (χ3v) is 6.19. The van der Waals surface area contributed by atoms with Gasteiger partial charge in [0.25, 0.3) is 11.7 Å². The van der Waals surface area contributed by atoms with E-state index in [1.807, 2.05) is 12.2 Å². The fraction of sp³-hybridized carbons (Fsp3) is 0.360. The Balaban J connectivity index is 1.75. The van der Waals surface area contributed by atoms with E-state index in [0.717, 1.165) is 5.56 Å². The van der Waals surface area contributed by atoms with Gasteiger partial charge in [0, 0.05) is 16.5 Å². The molecule has 3 rings (SSSR count). The van der Waals surface area contributed by atoms with Crippen LogP contribution in [0.25, 0.3) is 0 Å². The molecule has 0 saturated carbocycles. The van der Waals surface area contributed by atoms with E-state index in [1.54, 1.807) is 37.3 Å². The minimum Gasteiger partial charge on any atom is -0.493 e. The molecule has 9 heteroatoms. The normalized spacial score (nSPS) is 17.9. The number of hydrogen-bond acceptors (Lipinski definition) is 6. The third kappa shape index (κ3) is 6.28. The van der Waals surface area contributed by atoms with Gasteiger partial charge in [-0.2, -0.15) is 8.78 Å². The lowest BCUT2D eigenvalue weighted by atomic mass is 9.85. The van der Waals surface area contributed by atoms with Crippen LogP contribution in [0.15, 0.2) is 59.5 Å². The highest BCUT2D eigenvalue weighted by molar-refractivity contribution is 7.99. The molecule has 6 nitrogen and oxygen atoms in total. The van der Waals surface area contributed by atoms with Crippen molar-refractivity contribution in [2.45, 2.75) is 36.0 Å². The van der Waals surface area contributed by atoms with Gasteiger partial charge in [-0.15, -0.1) is 0 Å². The summed E-state index contributed by atoms with van der Waals surface area (Å²) in [5.74, 6) is -3.06. The minimum atomic E-state index is -2.56. The second kappa shape index (κ2) is 11.9. The summed E-state index contributed by atoms with van der Waals surface area (Å²) in [6.07, 6.45) is 4.22. The zero-order valence-electron chi connectivity index (χ0n) is 19.1. The third-order valence-electron chi connectivity index (χ3n) is 5.49. The van der Waals surface area contributed by atoms with E-state index < -0.39 is 11.7 Å².